The van der Waals surface area contributed by atoms with Crippen molar-refractivity contribution in [3.8, 4) is 0 Å². The highest BCUT2D eigenvalue weighted by atomic mass is 79.9. The van der Waals surface area contributed by atoms with Crippen molar-refractivity contribution in [3.63, 3.8) is 0 Å². The minimum Gasteiger partial charge on any atom is -0.396 e. The molecule has 0 radical (unpaired) electrons. The van der Waals surface area contributed by atoms with Crippen LogP contribution < -0.4 is 11.4 Å². The van der Waals surface area contributed by atoms with Crippen LogP contribution in [-0.4, -0.2) is 27.4 Å². The van der Waals surface area contributed by atoms with Crippen molar-refractivity contribution in [1.29, 1.82) is 0 Å². The third kappa shape index (κ3) is 2.67. The van der Waals surface area contributed by atoms with Gasteiger partial charge >= 0.3 is 5.69 Å². The maximum Gasteiger partial charge on any atom is 0.351 e. The van der Waals surface area contributed by atoms with Gasteiger partial charge in [0.05, 0.1) is 10.6 Å². The largest absolute Gasteiger partial charge is 0.396 e. The van der Waals surface area contributed by atoms with Crippen LogP contribution in [-0.2, 0) is 4.74 Å². The second-order valence-electron chi connectivity index (χ2n) is 3.97. The highest BCUT2D eigenvalue weighted by Crippen LogP contribution is 2.29. The Morgan fingerprint density at radius 2 is 2.41 bits per heavy atom. The fourth-order valence-corrected chi connectivity index (χ4v) is 2.22. The van der Waals surface area contributed by atoms with E-state index in [1.54, 1.807) is 6.20 Å². The molecule has 1 saturated heterocycles. The van der Waals surface area contributed by atoms with Crippen LogP contribution in [0.4, 0.5) is 5.82 Å². The standard InChI is InChI=1S/C10H14BrN3O3/c11-7-5-14(10(16)13-9(7)12)8-2-1-6(17-8)3-4-15/h5-6,8,15H,1-4H2,(H2,12,13,16). The molecule has 2 atom stereocenters. The molecular formula is C10H14BrN3O3. The molecule has 6 nitrogen and oxygen atoms in total. The molecule has 3 N–H and O–H groups in total. The molecule has 0 aromatic carbocycles. The molecular weight excluding hydrogens is 290 g/mol. The molecule has 7 heteroatoms. The Hall–Kier alpha value is -0.920. The maximum absolute atomic E-state index is 11.7. The number of hydrogen-bond acceptors (Lipinski definition) is 5. The third-order valence-corrected chi connectivity index (χ3v) is 3.39. The van der Waals surface area contributed by atoms with Crippen molar-refractivity contribution in [2.75, 3.05) is 12.3 Å². The average molecular weight is 304 g/mol. The summed E-state index contributed by atoms with van der Waals surface area (Å²) in [6.45, 7) is 0.0932. The van der Waals surface area contributed by atoms with Crippen LogP contribution in [0.15, 0.2) is 15.5 Å². The van der Waals surface area contributed by atoms with Crippen LogP contribution in [0.3, 0.4) is 0 Å². The molecule has 2 unspecified atom stereocenters. The molecule has 0 saturated carbocycles. The number of nitrogen functional groups attached to an aromatic ring is 1. The van der Waals surface area contributed by atoms with Crippen molar-refractivity contribution in [3.05, 3.63) is 21.2 Å². The van der Waals surface area contributed by atoms with Crippen molar-refractivity contribution in [2.45, 2.75) is 31.6 Å². The molecule has 0 spiro atoms. The number of aromatic nitrogens is 2. The summed E-state index contributed by atoms with van der Waals surface area (Å²) in [6.07, 6.45) is 3.45. The number of hydrogen-bond donors (Lipinski definition) is 2. The van der Waals surface area contributed by atoms with Gasteiger partial charge in [-0.05, 0) is 35.2 Å². The molecule has 0 amide bonds. The fourth-order valence-electron chi connectivity index (χ4n) is 1.91. The summed E-state index contributed by atoms with van der Waals surface area (Å²) in [6, 6.07) is 0. The summed E-state index contributed by atoms with van der Waals surface area (Å²) in [5.74, 6) is 0.177. The Balaban J connectivity index is 2.19. The van der Waals surface area contributed by atoms with Gasteiger partial charge in [0, 0.05) is 12.8 Å². The summed E-state index contributed by atoms with van der Waals surface area (Å²) < 4.78 is 7.67. The van der Waals surface area contributed by atoms with Gasteiger partial charge in [-0.15, -0.1) is 0 Å². The van der Waals surface area contributed by atoms with E-state index in [1.165, 1.54) is 4.57 Å². The lowest BCUT2D eigenvalue weighted by atomic mass is 10.2. The Kier molecular flexibility index (Phi) is 3.80. The van der Waals surface area contributed by atoms with E-state index >= 15 is 0 Å². The monoisotopic (exact) mass is 303 g/mol. The van der Waals surface area contributed by atoms with Crippen LogP contribution in [0.1, 0.15) is 25.5 Å². The Morgan fingerprint density at radius 3 is 3.12 bits per heavy atom. The number of ether oxygens (including phenoxy) is 1. The molecule has 94 valence electrons. The van der Waals surface area contributed by atoms with Gasteiger partial charge < -0.3 is 15.6 Å². The van der Waals surface area contributed by atoms with Crippen molar-refractivity contribution < 1.29 is 9.84 Å². The predicted octanol–water partition coefficient (Wildman–Crippen LogP) is 0.648. The third-order valence-electron chi connectivity index (χ3n) is 2.78. The summed E-state index contributed by atoms with van der Waals surface area (Å²) in [4.78, 5) is 15.4. The van der Waals surface area contributed by atoms with Gasteiger partial charge in [-0.1, -0.05) is 0 Å². The fraction of sp³-hybridized carbons (Fsp3) is 0.600. The summed E-state index contributed by atoms with van der Waals surface area (Å²) in [5.41, 5.74) is 5.10. The zero-order valence-corrected chi connectivity index (χ0v) is 10.8. The Labute approximate surface area is 107 Å². The molecule has 0 bridgehead atoms. The smallest absolute Gasteiger partial charge is 0.351 e. The number of anilines is 1. The summed E-state index contributed by atoms with van der Waals surface area (Å²) >= 11 is 3.23. The van der Waals surface area contributed by atoms with Crippen LogP contribution >= 0.6 is 15.9 Å². The first-order valence-corrected chi connectivity index (χ1v) is 6.21. The van der Waals surface area contributed by atoms with E-state index in [0.717, 1.165) is 12.8 Å². The van der Waals surface area contributed by atoms with Gasteiger partial charge in [0.25, 0.3) is 0 Å². The first kappa shape index (κ1) is 12.5. The molecule has 1 aromatic heterocycles. The highest BCUT2D eigenvalue weighted by molar-refractivity contribution is 9.10. The van der Waals surface area contributed by atoms with E-state index in [-0.39, 0.29) is 24.8 Å². The SMILES string of the molecule is Nc1nc(=O)n(C2CCC(CCO)O2)cc1Br. The average Bonchev–Trinajstić information content (AvgIpc) is 2.72. The zero-order chi connectivity index (χ0) is 12.4. The molecule has 2 rings (SSSR count). The van der Waals surface area contributed by atoms with Gasteiger partial charge in [0.1, 0.15) is 12.0 Å². The lowest BCUT2D eigenvalue weighted by molar-refractivity contribution is -0.0102. The molecule has 17 heavy (non-hydrogen) atoms. The number of aliphatic hydroxyl groups is 1. The van der Waals surface area contributed by atoms with Gasteiger partial charge in [-0.3, -0.25) is 4.57 Å². The molecule has 1 aliphatic heterocycles. The van der Waals surface area contributed by atoms with Crippen LogP contribution in [0.2, 0.25) is 0 Å². The molecule has 1 fully saturated rings. The molecule has 2 heterocycles. The second kappa shape index (κ2) is 5.16. The van der Waals surface area contributed by atoms with Crippen LogP contribution in [0, 0.1) is 0 Å². The van der Waals surface area contributed by atoms with Gasteiger partial charge in [-0.25, -0.2) is 4.79 Å². The minimum atomic E-state index is -0.416. The summed E-state index contributed by atoms with van der Waals surface area (Å²) in [7, 11) is 0. The first-order valence-electron chi connectivity index (χ1n) is 5.42. The number of nitrogens with zero attached hydrogens (tertiary/aromatic N) is 2. The quantitative estimate of drug-likeness (QED) is 0.855. The molecule has 0 aliphatic carbocycles. The Morgan fingerprint density at radius 1 is 1.65 bits per heavy atom. The van der Waals surface area contributed by atoms with E-state index in [0.29, 0.717) is 10.9 Å². The number of rotatable bonds is 3. The predicted molar refractivity (Wildman–Crippen MR) is 65.5 cm³/mol. The maximum atomic E-state index is 11.7. The van der Waals surface area contributed by atoms with E-state index in [9.17, 15) is 4.79 Å². The number of halogens is 1. The lowest BCUT2D eigenvalue weighted by Crippen LogP contribution is -2.28. The second-order valence-corrected chi connectivity index (χ2v) is 4.82. The number of nitrogens with two attached hydrogens (primary N) is 1. The van der Waals surface area contributed by atoms with E-state index in [2.05, 4.69) is 20.9 Å². The first-order chi connectivity index (χ1) is 8.11. The van der Waals surface area contributed by atoms with Crippen LogP contribution in [0.5, 0.6) is 0 Å². The lowest BCUT2D eigenvalue weighted by Gasteiger charge is -2.15. The van der Waals surface area contributed by atoms with Crippen molar-refractivity contribution in [2.24, 2.45) is 0 Å². The van der Waals surface area contributed by atoms with E-state index in [4.69, 9.17) is 15.6 Å². The minimum absolute atomic E-state index is 0.00762. The Bertz CT molecular complexity index is 463. The number of aliphatic hydroxyl groups excluding tert-OH is 1. The van der Waals surface area contributed by atoms with Crippen molar-refractivity contribution >= 4 is 21.7 Å². The van der Waals surface area contributed by atoms with Gasteiger partial charge in [0.2, 0.25) is 0 Å². The zero-order valence-electron chi connectivity index (χ0n) is 9.17. The van der Waals surface area contributed by atoms with E-state index < -0.39 is 5.69 Å². The molecule has 1 aromatic rings. The van der Waals surface area contributed by atoms with Crippen LogP contribution in [0.25, 0.3) is 0 Å². The highest BCUT2D eigenvalue weighted by Gasteiger charge is 2.27. The van der Waals surface area contributed by atoms with E-state index in [1.807, 2.05) is 0 Å². The summed E-state index contributed by atoms with van der Waals surface area (Å²) in [5, 5.41) is 8.83. The van der Waals surface area contributed by atoms with Crippen molar-refractivity contribution in [1.82, 2.24) is 9.55 Å². The van der Waals surface area contributed by atoms with Gasteiger partial charge in [-0.2, -0.15) is 4.98 Å². The molecule has 1 aliphatic rings. The van der Waals surface area contributed by atoms with Gasteiger partial charge in [0.15, 0.2) is 0 Å². The normalized spacial score (nSPS) is 24.1. The topological polar surface area (TPSA) is 90.4 Å².